The van der Waals surface area contributed by atoms with Crippen LogP contribution in [0.3, 0.4) is 0 Å². The molecule has 2 aliphatic heterocycles. The van der Waals surface area contributed by atoms with Gasteiger partial charge in [0, 0.05) is 6.54 Å². The van der Waals surface area contributed by atoms with Crippen molar-refractivity contribution in [3.63, 3.8) is 0 Å². The molecule has 1 unspecified atom stereocenters. The first-order valence-corrected chi connectivity index (χ1v) is 6.04. The standard InChI is InChI=1S/C13H18N2O/c16-13(5-7-14-8-6-13)12-11-4-2-1-3-10(11)9-15-12/h1-4,12,14-16H,5-9H2. The zero-order valence-electron chi connectivity index (χ0n) is 9.37. The monoisotopic (exact) mass is 218 g/mol. The van der Waals surface area contributed by atoms with E-state index in [0.717, 1.165) is 32.5 Å². The summed E-state index contributed by atoms with van der Waals surface area (Å²) in [5, 5.41) is 17.5. The van der Waals surface area contributed by atoms with Crippen molar-refractivity contribution < 1.29 is 5.11 Å². The molecule has 1 fully saturated rings. The van der Waals surface area contributed by atoms with Crippen LogP contribution in [-0.2, 0) is 6.54 Å². The fourth-order valence-electron chi connectivity index (χ4n) is 2.93. The second-order valence-corrected chi connectivity index (χ2v) is 4.87. The van der Waals surface area contributed by atoms with Crippen LogP contribution in [0.5, 0.6) is 0 Å². The summed E-state index contributed by atoms with van der Waals surface area (Å²) in [6.45, 7) is 2.71. The molecule has 1 saturated heterocycles. The molecule has 1 aromatic rings. The minimum atomic E-state index is -0.572. The van der Waals surface area contributed by atoms with Crippen LogP contribution in [0.15, 0.2) is 24.3 Å². The third-order valence-corrected chi connectivity index (χ3v) is 3.87. The summed E-state index contributed by atoms with van der Waals surface area (Å²) in [6, 6.07) is 8.52. The number of hydrogen-bond donors (Lipinski definition) is 3. The fraction of sp³-hybridized carbons (Fsp3) is 0.538. The van der Waals surface area contributed by atoms with Gasteiger partial charge in [0.05, 0.1) is 11.6 Å². The molecule has 3 nitrogen and oxygen atoms in total. The minimum absolute atomic E-state index is 0.116. The average Bonchev–Trinajstić information content (AvgIpc) is 2.74. The molecule has 0 aliphatic carbocycles. The van der Waals surface area contributed by atoms with E-state index in [1.54, 1.807) is 0 Å². The molecule has 0 saturated carbocycles. The molecule has 3 heteroatoms. The molecule has 0 spiro atoms. The first-order valence-electron chi connectivity index (χ1n) is 6.04. The zero-order chi connectivity index (χ0) is 11.0. The highest BCUT2D eigenvalue weighted by Gasteiger charge is 2.41. The number of aliphatic hydroxyl groups is 1. The van der Waals surface area contributed by atoms with Crippen LogP contribution in [0.2, 0.25) is 0 Å². The van der Waals surface area contributed by atoms with Gasteiger partial charge < -0.3 is 15.7 Å². The molecule has 0 radical (unpaired) electrons. The van der Waals surface area contributed by atoms with Gasteiger partial charge in [-0.05, 0) is 37.1 Å². The van der Waals surface area contributed by atoms with E-state index in [9.17, 15) is 5.11 Å². The Hall–Kier alpha value is -0.900. The van der Waals surface area contributed by atoms with Gasteiger partial charge in [-0.25, -0.2) is 0 Å². The van der Waals surface area contributed by atoms with E-state index < -0.39 is 5.60 Å². The number of rotatable bonds is 1. The van der Waals surface area contributed by atoms with Gasteiger partial charge in [-0.3, -0.25) is 0 Å². The highest BCUT2D eigenvalue weighted by atomic mass is 16.3. The van der Waals surface area contributed by atoms with Crippen molar-refractivity contribution in [1.29, 1.82) is 0 Å². The summed E-state index contributed by atoms with van der Waals surface area (Å²) in [5.74, 6) is 0. The van der Waals surface area contributed by atoms with Crippen LogP contribution >= 0.6 is 0 Å². The second-order valence-electron chi connectivity index (χ2n) is 4.87. The summed E-state index contributed by atoms with van der Waals surface area (Å²) in [5.41, 5.74) is 2.05. The topological polar surface area (TPSA) is 44.3 Å². The van der Waals surface area contributed by atoms with E-state index in [2.05, 4.69) is 34.9 Å². The summed E-state index contributed by atoms with van der Waals surface area (Å²) >= 11 is 0. The lowest BCUT2D eigenvalue weighted by Gasteiger charge is -2.38. The van der Waals surface area contributed by atoms with Gasteiger partial charge >= 0.3 is 0 Å². The van der Waals surface area contributed by atoms with Crippen LogP contribution < -0.4 is 10.6 Å². The zero-order valence-corrected chi connectivity index (χ0v) is 9.37. The van der Waals surface area contributed by atoms with Gasteiger partial charge in [-0.1, -0.05) is 24.3 Å². The molecule has 2 aliphatic rings. The van der Waals surface area contributed by atoms with Crippen molar-refractivity contribution in [2.75, 3.05) is 13.1 Å². The van der Waals surface area contributed by atoms with Crippen LogP contribution in [0, 0.1) is 0 Å². The van der Waals surface area contributed by atoms with Gasteiger partial charge in [0.25, 0.3) is 0 Å². The smallest absolute Gasteiger partial charge is 0.0865 e. The number of piperidine rings is 1. The third kappa shape index (κ3) is 1.56. The van der Waals surface area contributed by atoms with E-state index in [4.69, 9.17) is 0 Å². The van der Waals surface area contributed by atoms with Crippen molar-refractivity contribution in [3.8, 4) is 0 Å². The highest BCUT2D eigenvalue weighted by molar-refractivity contribution is 5.36. The third-order valence-electron chi connectivity index (χ3n) is 3.87. The lowest BCUT2D eigenvalue weighted by Crippen LogP contribution is -2.48. The maximum absolute atomic E-state index is 10.7. The van der Waals surface area contributed by atoms with Gasteiger partial charge in [-0.15, -0.1) is 0 Å². The Bertz CT molecular complexity index is 385. The number of nitrogens with one attached hydrogen (secondary N) is 2. The predicted octanol–water partition coefficient (Wildman–Crippen LogP) is 0.945. The molecule has 16 heavy (non-hydrogen) atoms. The molecule has 1 aromatic carbocycles. The van der Waals surface area contributed by atoms with Crippen molar-refractivity contribution in [2.24, 2.45) is 0 Å². The van der Waals surface area contributed by atoms with Gasteiger partial charge in [-0.2, -0.15) is 0 Å². The summed E-state index contributed by atoms with van der Waals surface area (Å²) in [7, 11) is 0. The first-order chi connectivity index (χ1) is 7.80. The summed E-state index contributed by atoms with van der Waals surface area (Å²) in [6.07, 6.45) is 1.66. The summed E-state index contributed by atoms with van der Waals surface area (Å²) < 4.78 is 0. The fourth-order valence-corrected chi connectivity index (χ4v) is 2.93. The van der Waals surface area contributed by atoms with E-state index in [1.807, 2.05) is 0 Å². The second kappa shape index (κ2) is 3.84. The highest BCUT2D eigenvalue weighted by Crippen LogP contribution is 2.38. The Morgan fingerprint density at radius 1 is 1.19 bits per heavy atom. The van der Waals surface area contributed by atoms with Crippen molar-refractivity contribution >= 4 is 0 Å². The van der Waals surface area contributed by atoms with E-state index in [0.29, 0.717) is 0 Å². The van der Waals surface area contributed by atoms with Crippen molar-refractivity contribution in [1.82, 2.24) is 10.6 Å². The largest absolute Gasteiger partial charge is 0.388 e. The van der Waals surface area contributed by atoms with Crippen molar-refractivity contribution in [2.45, 2.75) is 31.0 Å². The van der Waals surface area contributed by atoms with Crippen LogP contribution in [0.25, 0.3) is 0 Å². The Balaban J connectivity index is 1.91. The van der Waals surface area contributed by atoms with Crippen LogP contribution in [0.4, 0.5) is 0 Å². The number of benzene rings is 1. The van der Waals surface area contributed by atoms with Gasteiger partial charge in [0.2, 0.25) is 0 Å². The molecule has 3 rings (SSSR count). The summed E-state index contributed by atoms with van der Waals surface area (Å²) in [4.78, 5) is 0. The van der Waals surface area contributed by atoms with Crippen LogP contribution in [-0.4, -0.2) is 23.8 Å². The molecule has 86 valence electrons. The SMILES string of the molecule is OC1(C2NCc3ccccc32)CCNCC1. The molecule has 2 heterocycles. The first kappa shape index (κ1) is 10.3. The Labute approximate surface area is 95.9 Å². The van der Waals surface area contributed by atoms with Crippen molar-refractivity contribution in [3.05, 3.63) is 35.4 Å². The van der Waals surface area contributed by atoms with Gasteiger partial charge in [0.15, 0.2) is 0 Å². The normalized spacial score (nSPS) is 27.7. The molecule has 1 atom stereocenters. The lowest BCUT2D eigenvalue weighted by molar-refractivity contribution is -0.0229. The molecule has 0 bridgehead atoms. The molecule has 3 N–H and O–H groups in total. The molecule has 0 aromatic heterocycles. The number of hydrogen-bond acceptors (Lipinski definition) is 3. The maximum Gasteiger partial charge on any atom is 0.0865 e. The van der Waals surface area contributed by atoms with E-state index in [1.165, 1.54) is 11.1 Å². The van der Waals surface area contributed by atoms with E-state index in [-0.39, 0.29) is 6.04 Å². The minimum Gasteiger partial charge on any atom is -0.388 e. The van der Waals surface area contributed by atoms with E-state index >= 15 is 0 Å². The Morgan fingerprint density at radius 2 is 1.94 bits per heavy atom. The van der Waals surface area contributed by atoms with Crippen LogP contribution in [0.1, 0.15) is 30.0 Å². The Morgan fingerprint density at radius 3 is 2.75 bits per heavy atom. The molecular formula is C13H18N2O. The maximum atomic E-state index is 10.7. The lowest BCUT2D eigenvalue weighted by atomic mass is 9.82. The quantitative estimate of drug-likeness (QED) is 0.657. The molecule has 0 amide bonds. The average molecular weight is 218 g/mol. The molecular weight excluding hydrogens is 200 g/mol. The predicted molar refractivity (Wildman–Crippen MR) is 63.1 cm³/mol. The Kier molecular flexibility index (Phi) is 2.46. The number of fused-ring (bicyclic) bond motifs is 1. The van der Waals surface area contributed by atoms with Gasteiger partial charge in [0.1, 0.15) is 0 Å².